The van der Waals surface area contributed by atoms with E-state index in [0.717, 1.165) is 0 Å². The molecule has 26 heavy (non-hydrogen) atoms. The predicted octanol–water partition coefficient (Wildman–Crippen LogP) is 3.37. The molecule has 5 nitrogen and oxygen atoms in total. The number of hydrogen-bond donors (Lipinski definition) is 0. The summed E-state index contributed by atoms with van der Waals surface area (Å²) in [4.78, 5) is 13.6. The highest BCUT2D eigenvalue weighted by Gasteiger charge is 2.31. The Hall–Kier alpha value is -1.40. The van der Waals surface area contributed by atoms with Gasteiger partial charge in [0.25, 0.3) is 0 Å². The van der Waals surface area contributed by atoms with Crippen molar-refractivity contribution in [2.24, 2.45) is 0 Å². The summed E-state index contributed by atoms with van der Waals surface area (Å²) < 4.78 is 27.4. The van der Waals surface area contributed by atoms with Gasteiger partial charge in [0.2, 0.25) is 15.9 Å². The third-order valence-electron chi connectivity index (χ3n) is 6.06. The minimum Gasteiger partial charge on any atom is -0.343 e. The van der Waals surface area contributed by atoms with E-state index in [1.807, 2.05) is 12.1 Å². The van der Waals surface area contributed by atoms with Crippen LogP contribution in [0.15, 0.2) is 29.2 Å². The number of piperidine rings is 1. The van der Waals surface area contributed by atoms with Gasteiger partial charge in [0.05, 0.1) is 4.90 Å². The molecule has 144 valence electrons. The summed E-state index contributed by atoms with van der Waals surface area (Å²) in [5.41, 5.74) is 1.27. The molecule has 0 radical (unpaired) electrons. The van der Waals surface area contributed by atoms with E-state index >= 15 is 0 Å². The van der Waals surface area contributed by atoms with Crippen molar-refractivity contribution in [2.45, 2.75) is 68.7 Å². The van der Waals surface area contributed by atoms with Crippen LogP contribution in [0.5, 0.6) is 0 Å². The Kier molecular flexibility index (Phi) is 6.03. The molecule has 0 bridgehead atoms. The molecule has 0 N–H and O–H groups in total. The molecule has 1 aromatic rings. The molecule has 0 atom stereocenters. The normalized spacial score (nSPS) is 20.8. The molecule has 3 rings (SSSR count). The fourth-order valence-electron chi connectivity index (χ4n) is 4.22. The second-order valence-electron chi connectivity index (χ2n) is 7.67. The van der Waals surface area contributed by atoms with E-state index in [2.05, 4.69) is 0 Å². The summed E-state index contributed by atoms with van der Waals surface area (Å²) in [5.74, 6) is 0.614. The first-order valence-electron chi connectivity index (χ1n) is 9.73. The van der Waals surface area contributed by atoms with Gasteiger partial charge in [-0.15, -0.1) is 0 Å². The Morgan fingerprint density at radius 3 is 2.12 bits per heavy atom. The van der Waals surface area contributed by atoms with Crippen molar-refractivity contribution >= 4 is 15.9 Å². The molecule has 0 unspecified atom stereocenters. The molecular formula is C20H30N2O3S. The maximum Gasteiger partial charge on any atom is 0.243 e. The van der Waals surface area contributed by atoms with E-state index in [0.29, 0.717) is 36.7 Å². The molecule has 1 amide bonds. The summed E-state index contributed by atoms with van der Waals surface area (Å²) in [6.45, 7) is 2.49. The van der Waals surface area contributed by atoms with E-state index in [-0.39, 0.29) is 11.9 Å². The third kappa shape index (κ3) is 4.12. The first-order valence-corrected chi connectivity index (χ1v) is 11.2. The van der Waals surface area contributed by atoms with Gasteiger partial charge in [-0.3, -0.25) is 4.79 Å². The molecule has 1 aliphatic carbocycles. The van der Waals surface area contributed by atoms with E-state index in [4.69, 9.17) is 0 Å². The van der Waals surface area contributed by atoms with E-state index in [1.54, 1.807) is 35.3 Å². The van der Waals surface area contributed by atoms with Crippen LogP contribution >= 0.6 is 0 Å². The van der Waals surface area contributed by atoms with E-state index in [1.165, 1.54) is 37.7 Å². The minimum absolute atomic E-state index is 0.0320. The van der Waals surface area contributed by atoms with E-state index in [9.17, 15) is 13.2 Å². The highest BCUT2D eigenvalue weighted by atomic mass is 32.2. The first-order chi connectivity index (χ1) is 12.4. The number of benzene rings is 1. The molecule has 1 aromatic carbocycles. The Balaban J connectivity index is 1.66. The highest BCUT2D eigenvalue weighted by molar-refractivity contribution is 7.89. The lowest BCUT2D eigenvalue weighted by Crippen LogP contribution is -2.46. The summed E-state index contributed by atoms with van der Waals surface area (Å²) in [6, 6.07) is 7.67. The zero-order valence-corrected chi connectivity index (χ0v) is 16.7. The lowest BCUT2D eigenvalue weighted by atomic mass is 9.84. The SMILES string of the molecule is CC(=O)N(C)C1CCN(S(=O)(=O)c2ccc(C3CCCCC3)cc2)CC1. The number of nitrogens with zero attached hydrogens (tertiary/aromatic N) is 2. The Morgan fingerprint density at radius 2 is 1.58 bits per heavy atom. The van der Waals surface area contributed by atoms with Gasteiger partial charge in [0.15, 0.2) is 0 Å². The Bertz CT molecular complexity index is 716. The largest absolute Gasteiger partial charge is 0.343 e. The third-order valence-corrected chi connectivity index (χ3v) is 7.98. The van der Waals surface area contributed by atoms with Gasteiger partial charge in [0.1, 0.15) is 0 Å². The molecule has 2 aliphatic rings. The maximum atomic E-state index is 12.9. The minimum atomic E-state index is -3.45. The van der Waals surface area contributed by atoms with Gasteiger partial charge in [-0.05, 0) is 49.3 Å². The van der Waals surface area contributed by atoms with Crippen molar-refractivity contribution in [2.75, 3.05) is 20.1 Å². The second kappa shape index (κ2) is 8.09. The monoisotopic (exact) mass is 378 g/mol. The molecule has 1 saturated heterocycles. The van der Waals surface area contributed by atoms with Crippen LogP contribution in [-0.4, -0.2) is 49.7 Å². The van der Waals surface area contributed by atoms with Crippen LogP contribution in [0, 0.1) is 0 Å². The zero-order valence-electron chi connectivity index (χ0n) is 15.9. The first kappa shape index (κ1) is 19.4. The van der Waals surface area contributed by atoms with Crippen molar-refractivity contribution in [3.8, 4) is 0 Å². The topological polar surface area (TPSA) is 57.7 Å². The Morgan fingerprint density at radius 1 is 1.00 bits per heavy atom. The number of rotatable bonds is 4. The smallest absolute Gasteiger partial charge is 0.243 e. The number of carbonyl (C=O) groups is 1. The Labute approximate surface area is 157 Å². The second-order valence-corrected chi connectivity index (χ2v) is 9.61. The molecule has 2 fully saturated rings. The lowest BCUT2D eigenvalue weighted by Gasteiger charge is -2.35. The van der Waals surface area contributed by atoms with Crippen molar-refractivity contribution in [3.05, 3.63) is 29.8 Å². The quantitative estimate of drug-likeness (QED) is 0.807. The fraction of sp³-hybridized carbons (Fsp3) is 0.650. The molecular weight excluding hydrogens is 348 g/mol. The molecule has 0 aromatic heterocycles. The van der Waals surface area contributed by atoms with Gasteiger partial charge in [0, 0.05) is 33.1 Å². The number of sulfonamides is 1. The van der Waals surface area contributed by atoms with Gasteiger partial charge in [-0.2, -0.15) is 4.31 Å². The number of hydrogen-bond acceptors (Lipinski definition) is 3. The molecule has 1 saturated carbocycles. The van der Waals surface area contributed by atoms with Gasteiger partial charge >= 0.3 is 0 Å². The standard InChI is InChI=1S/C20H30N2O3S/c1-16(23)21(2)19-12-14-22(15-13-19)26(24,25)20-10-8-18(9-11-20)17-6-4-3-5-7-17/h8-11,17,19H,3-7,12-15H2,1-2H3. The van der Waals surface area contributed by atoms with Crippen LogP contribution in [0.2, 0.25) is 0 Å². The summed E-state index contributed by atoms with van der Waals surface area (Å²) >= 11 is 0. The van der Waals surface area contributed by atoms with Crippen molar-refractivity contribution in [1.29, 1.82) is 0 Å². The van der Waals surface area contributed by atoms with Crippen molar-refractivity contribution in [3.63, 3.8) is 0 Å². The summed E-state index contributed by atoms with van der Waals surface area (Å²) in [6.07, 6.45) is 7.66. The zero-order chi connectivity index (χ0) is 18.7. The summed E-state index contributed by atoms with van der Waals surface area (Å²) in [7, 11) is -1.66. The van der Waals surface area contributed by atoms with Gasteiger partial charge < -0.3 is 4.90 Å². The lowest BCUT2D eigenvalue weighted by molar-refractivity contribution is -0.130. The molecule has 1 aliphatic heterocycles. The van der Waals surface area contributed by atoms with Gasteiger partial charge in [-0.1, -0.05) is 31.4 Å². The average molecular weight is 379 g/mol. The van der Waals surface area contributed by atoms with Gasteiger partial charge in [-0.25, -0.2) is 8.42 Å². The highest BCUT2D eigenvalue weighted by Crippen LogP contribution is 2.33. The van der Waals surface area contributed by atoms with E-state index < -0.39 is 10.0 Å². The maximum absolute atomic E-state index is 12.9. The van der Waals surface area contributed by atoms with Crippen LogP contribution in [-0.2, 0) is 14.8 Å². The van der Waals surface area contributed by atoms with Crippen LogP contribution < -0.4 is 0 Å². The molecule has 6 heteroatoms. The fourth-order valence-corrected chi connectivity index (χ4v) is 5.69. The number of carbonyl (C=O) groups excluding carboxylic acids is 1. The van der Waals surface area contributed by atoms with Crippen LogP contribution in [0.3, 0.4) is 0 Å². The van der Waals surface area contributed by atoms with Crippen LogP contribution in [0.1, 0.15) is 63.4 Å². The predicted molar refractivity (Wildman–Crippen MR) is 102 cm³/mol. The average Bonchev–Trinajstić information content (AvgIpc) is 2.68. The number of amides is 1. The van der Waals surface area contributed by atoms with Crippen molar-refractivity contribution < 1.29 is 13.2 Å². The van der Waals surface area contributed by atoms with Crippen LogP contribution in [0.4, 0.5) is 0 Å². The summed E-state index contributed by atoms with van der Waals surface area (Å²) in [5, 5.41) is 0. The molecule has 1 heterocycles. The molecule has 0 spiro atoms. The van der Waals surface area contributed by atoms with Crippen LogP contribution in [0.25, 0.3) is 0 Å². The van der Waals surface area contributed by atoms with Crippen molar-refractivity contribution in [1.82, 2.24) is 9.21 Å².